The van der Waals surface area contributed by atoms with Crippen molar-refractivity contribution in [1.82, 2.24) is 0 Å². The third-order valence-corrected chi connectivity index (χ3v) is 3.15. The Balaban J connectivity index is 2.81. The summed E-state index contributed by atoms with van der Waals surface area (Å²) in [5.41, 5.74) is 1.03. The molecule has 0 fully saturated rings. The van der Waals surface area contributed by atoms with Crippen LogP contribution >= 0.6 is 0 Å². The lowest BCUT2D eigenvalue weighted by molar-refractivity contribution is -0.141. The second kappa shape index (κ2) is 7.25. The quantitative estimate of drug-likeness (QED) is 0.776. The first-order valence-electron chi connectivity index (χ1n) is 7.17. The number of esters is 2. The van der Waals surface area contributed by atoms with E-state index in [4.69, 9.17) is 9.47 Å². The first-order valence-corrected chi connectivity index (χ1v) is 7.17. The fraction of sp³-hybridized carbons (Fsp3) is 0.529. The summed E-state index contributed by atoms with van der Waals surface area (Å²) in [5.74, 6) is -0.460. The minimum absolute atomic E-state index is 0.102. The van der Waals surface area contributed by atoms with E-state index in [0.717, 1.165) is 12.0 Å². The van der Waals surface area contributed by atoms with E-state index < -0.39 is 5.60 Å². The summed E-state index contributed by atoms with van der Waals surface area (Å²) in [5, 5.41) is 0. The van der Waals surface area contributed by atoms with Gasteiger partial charge in [-0.1, -0.05) is 19.1 Å². The highest BCUT2D eigenvalue weighted by Gasteiger charge is 2.19. The third-order valence-electron chi connectivity index (χ3n) is 3.15. The zero-order valence-electron chi connectivity index (χ0n) is 13.4. The van der Waals surface area contributed by atoms with E-state index in [2.05, 4.69) is 0 Å². The van der Waals surface area contributed by atoms with Crippen LogP contribution in [0.3, 0.4) is 0 Å². The van der Waals surface area contributed by atoms with Crippen LogP contribution in [0.25, 0.3) is 0 Å². The van der Waals surface area contributed by atoms with Crippen LogP contribution in [-0.4, -0.2) is 24.6 Å². The van der Waals surface area contributed by atoms with E-state index in [1.54, 1.807) is 12.1 Å². The molecule has 0 radical (unpaired) electrons. The average Bonchev–Trinajstić information content (AvgIpc) is 2.42. The van der Waals surface area contributed by atoms with Crippen molar-refractivity contribution in [1.29, 1.82) is 0 Å². The molecule has 0 spiro atoms. The summed E-state index contributed by atoms with van der Waals surface area (Å²) in [6.45, 7) is 7.53. The summed E-state index contributed by atoms with van der Waals surface area (Å²) in [6, 6.07) is 7.22. The first-order chi connectivity index (χ1) is 9.76. The van der Waals surface area contributed by atoms with Gasteiger partial charge < -0.3 is 9.47 Å². The van der Waals surface area contributed by atoms with Gasteiger partial charge in [-0.2, -0.15) is 0 Å². The molecule has 4 nitrogen and oxygen atoms in total. The van der Waals surface area contributed by atoms with Gasteiger partial charge in [-0.05, 0) is 50.8 Å². The summed E-state index contributed by atoms with van der Waals surface area (Å²) >= 11 is 0. The second-order valence-corrected chi connectivity index (χ2v) is 6.01. The monoisotopic (exact) mass is 292 g/mol. The molecule has 1 unspecified atom stereocenters. The van der Waals surface area contributed by atoms with Gasteiger partial charge in [0.15, 0.2) is 0 Å². The number of methoxy groups -OCH3 is 1. The standard InChI is InChI=1S/C17H24O4/c1-6-12(11-15(18)20-5)13-7-9-14(10-8-13)16(19)21-17(2,3)4/h7-10,12H,6,11H2,1-5H3. The Kier molecular flexibility index (Phi) is 5.94. The number of ether oxygens (including phenoxy) is 2. The van der Waals surface area contributed by atoms with Gasteiger partial charge in [-0.3, -0.25) is 4.79 Å². The second-order valence-electron chi connectivity index (χ2n) is 6.01. The van der Waals surface area contributed by atoms with Crippen LogP contribution in [0.15, 0.2) is 24.3 Å². The number of rotatable bonds is 5. The molecule has 0 aromatic heterocycles. The van der Waals surface area contributed by atoms with Gasteiger partial charge in [0.1, 0.15) is 5.60 Å². The zero-order chi connectivity index (χ0) is 16.0. The third kappa shape index (κ3) is 5.58. The zero-order valence-corrected chi connectivity index (χ0v) is 13.4. The van der Waals surface area contributed by atoms with Crippen molar-refractivity contribution in [3.8, 4) is 0 Å². The van der Waals surface area contributed by atoms with Crippen LogP contribution < -0.4 is 0 Å². The van der Waals surface area contributed by atoms with E-state index in [-0.39, 0.29) is 17.9 Å². The van der Waals surface area contributed by atoms with Gasteiger partial charge in [0.05, 0.1) is 19.1 Å². The van der Waals surface area contributed by atoms with Crippen LogP contribution in [0.1, 0.15) is 62.4 Å². The van der Waals surface area contributed by atoms with Crippen molar-refractivity contribution in [2.45, 2.75) is 52.1 Å². The van der Waals surface area contributed by atoms with Crippen LogP contribution in [0, 0.1) is 0 Å². The van der Waals surface area contributed by atoms with Gasteiger partial charge in [-0.25, -0.2) is 4.79 Å². The summed E-state index contributed by atoms with van der Waals surface area (Å²) in [4.78, 5) is 23.3. The van der Waals surface area contributed by atoms with Crippen LogP contribution in [0.2, 0.25) is 0 Å². The molecule has 0 heterocycles. The van der Waals surface area contributed by atoms with E-state index >= 15 is 0 Å². The smallest absolute Gasteiger partial charge is 0.338 e. The average molecular weight is 292 g/mol. The van der Waals surface area contributed by atoms with Crippen molar-refractivity contribution in [3.63, 3.8) is 0 Å². The fourth-order valence-electron chi connectivity index (χ4n) is 2.01. The molecule has 1 rings (SSSR count). The van der Waals surface area contributed by atoms with Crippen molar-refractivity contribution >= 4 is 11.9 Å². The van der Waals surface area contributed by atoms with Crippen molar-refractivity contribution in [2.75, 3.05) is 7.11 Å². The highest BCUT2D eigenvalue weighted by Crippen LogP contribution is 2.24. The van der Waals surface area contributed by atoms with Gasteiger partial charge in [0, 0.05) is 0 Å². The van der Waals surface area contributed by atoms with E-state index in [1.807, 2.05) is 39.8 Å². The van der Waals surface area contributed by atoms with Gasteiger partial charge >= 0.3 is 11.9 Å². The van der Waals surface area contributed by atoms with Crippen LogP contribution in [0.5, 0.6) is 0 Å². The Morgan fingerprint density at radius 3 is 2.14 bits per heavy atom. The van der Waals surface area contributed by atoms with E-state index in [0.29, 0.717) is 12.0 Å². The highest BCUT2D eigenvalue weighted by molar-refractivity contribution is 5.89. The molecule has 21 heavy (non-hydrogen) atoms. The molecule has 0 aliphatic rings. The molecule has 0 bridgehead atoms. The normalized spacial score (nSPS) is 12.6. The molecule has 0 aliphatic carbocycles. The minimum atomic E-state index is -0.507. The molecule has 0 saturated heterocycles. The van der Waals surface area contributed by atoms with Crippen molar-refractivity contribution < 1.29 is 19.1 Å². The number of benzene rings is 1. The maximum absolute atomic E-state index is 11.9. The Labute approximate surface area is 126 Å². The van der Waals surface area contributed by atoms with Crippen molar-refractivity contribution in [2.24, 2.45) is 0 Å². The van der Waals surface area contributed by atoms with Gasteiger partial charge in [0.2, 0.25) is 0 Å². The maximum Gasteiger partial charge on any atom is 0.338 e. The molecule has 116 valence electrons. The Morgan fingerprint density at radius 1 is 1.14 bits per heavy atom. The van der Waals surface area contributed by atoms with Gasteiger partial charge in [0.25, 0.3) is 0 Å². The number of hydrogen-bond donors (Lipinski definition) is 0. The summed E-state index contributed by atoms with van der Waals surface area (Å²) in [6.07, 6.45) is 1.18. The largest absolute Gasteiger partial charge is 0.469 e. The molecule has 0 amide bonds. The van der Waals surface area contributed by atoms with Crippen LogP contribution in [-0.2, 0) is 14.3 Å². The summed E-state index contributed by atoms with van der Waals surface area (Å²) < 4.78 is 10.0. The maximum atomic E-state index is 11.9. The lowest BCUT2D eigenvalue weighted by Crippen LogP contribution is -2.23. The predicted octanol–water partition coefficient (Wildman–Crippen LogP) is 3.70. The molecule has 0 N–H and O–H groups in total. The Morgan fingerprint density at radius 2 is 1.71 bits per heavy atom. The number of carbonyl (C=O) groups is 2. The number of hydrogen-bond acceptors (Lipinski definition) is 4. The molecule has 0 aliphatic heterocycles. The minimum Gasteiger partial charge on any atom is -0.469 e. The molecule has 4 heteroatoms. The molecular formula is C17H24O4. The van der Waals surface area contributed by atoms with Crippen LogP contribution in [0.4, 0.5) is 0 Å². The fourth-order valence-corrected chi connectivity index (χ4v) is 2.01. The number of carbonyl (C=O) groups excluding carboxylic acids is 2. The molecule has 0 saturated carbocycles. The Hall–Kier alpha value is -1.84. The predicted molar refractivity (Wildman–Crippen MR) is 81.3 cm³/mol. The topological polar surface area (TPSA) is 52.6 Å². The lowest BCUT2D eigenvalue weighted by atomic mass is 9.92. The highest BCUT2D eigenvalue weighted by atomic mass is 16.6. The van der Waals surface area contributed by atoms with E-state index in [9.17, 15) is 9.59 Å². The Bertz CT molecular complexity index is 483. The molecule has 1 aromatic carbocycles. The molecular weight excluding hydrogens is 268 g/mol. The van der Waals surface area contributed by atoms with Gasteiger partial charge in [-0.15, -0.1) is 0 Å². The molecule has 1 atom stereocenters. The van der Waals surface area contributed by atoms with Crippen molar-refractivity contribution in [3.05, 3.63) is 35.4 Å². The molecule has 1 aromatic rings. The first kappa shape index (κ1) is 17.2. The summed E-state index contributed by atoms with van der Waals surface area (Å²) in [7, 11) is 1.39. The SMILES string of the molecule is CCC(CC(=O)OC)c1ccc(C(=O)OC(C)(C)C)cc1. The lowest BCUT2D eigenvalue weighted by Gasteiger charge is -2.20. The van der Waals surface area contributed by atoms with E-state index in [1.165, 1.54) is 7.11 Å².